The molecule has 1 aliphatic rings. The quantitative estimate of drug-likeness (QED) is 0.740. The fraction of sp³-hybridized carbons (Fsp3) is 0.667. The van der Waals surface area contributed by atoms with Gasteiger partial charge in [-0.3, -0.25) is 9.59 Å². The lowest BCUT2D eigenvalue weighted by Gasteiger charge is -2.37. The number of hydrogen-bond acceptors (Lipinski definition) is 2. The minimum Gasteiger partial charge on any atom is -0.481 e. The molecular weight excluding hydrogens is 206 g/mol. The predicted octanol–water partition coefficient (Wildman–Crippen LogP) is 1.66. The van der Waals surface area contributed by atoms with Crippen LogP contribution in [-0.2, 0) is 9.59 Å². The average molecular weight is 225 g/mol. The summed E-state index contributed by atoms with van der Waals surface area (Å²) >= 11 is 0. The minimum absolute atomic E-state index is 0.0401. The fourth-order valence-corrected chi connectivity index (χ4v) is 2.19. The molecule has 1 amide bonds. The largest absolute Gasteiger partial charge is 0.481 e. The molecule has 0 aromatic rings. The van der Waals surface area contributed by atoms with Crippen molar-refractivity contribution in [1.82, 2.24) is 4.90 Å². The number of amides is 1. The van der Waals surface area contributed by atoms with E-state index in [-0.39, 0.29) is 11.9 Å². The standard InChI is InChI=1S/C12H19NO3/c1-3-4-7-11(14)13-8-5-6-10(9(13)2)12(15)16/h3,9-10H,1,4-8H2,2H3,(H,15,16)/t9-,10-/m1/s1. The number of hydrogen-bond donors (Lipinski definition) is 1. The summed E-state index contributed by atoms with van der Waals surface area (Å²) in [6.45, 7) is 6.08. The lowest BCUT2D eigenvalue weighted by molar-refractivity contribution is -0.149. The minimum atomic E-state index is -0.797. The predicted molar refractivity (Wildman–Crippen MR) is 61.0 cm³/mol. The third-order valence-electron chi connectivity index (χ3n) is 3.19. The van der Waals surface area contributed by atoms with Crippen LogP contribution < -0.4 is 0 Å². The van der Waals surface area contributed by atoms with Crippen molar-refractivity contribution in [2.75, 3.05) is 6.54 Å². The number of likely N-dealkylation sites (tertiary alicyclic amines) is 1. The molecule has 16 heavy (non-hydrogen) atoms. The zero-order valence-electron chi connectivity index (χ0n) is 9.69. The van der Waals surface area contributed by atoms with E-state index < -0.39 is 11.9 Å². The van der Waals surface area contributed by atoms with E-state index in [9.17, 15) is 9.59 Å². The van der Waals surface area contributed by atoms with Gasteiger partial charge >= 0.3 is 5.97 Å². The van der Waals surface area contributed by atoms with E-state index in [1.165, 1.54) is 0 Å². The summed E-state index contributed by atoms with van der Waals surface area (Å²) < 4.78 is 0. The summed E-state index contributed by atoms with van der Waals surface area (Å²) in [5, 5.41) is 9.03. The molecule has 0 spiro atoms. The van der Waals surface area contributed by atoms with Gasteiger partial charge in [-0.2, -0.15) is 0 Å². The van der Waals surface area contributed by atoms with E-state index in [1.54, 1.807) is 11.0 Å². The summed E-state index contributed by atoms with van der Waals surface area (Å²) in [5.41, 5.74) is 0. The Morgan fingerprint density at radius 1 is 1.56 bits per heavy atom. The first-order valence-corrected chi connectivity index (χ1v) is 5.71. The number of aliphatic carboxylic acids is 1. The van der Waals surface area contributed by atoms with Crippen LogP contribution in [0.5, 0.6) is 0 Å². The van der Waals surface area contributed by atoms with Crippen LogP contribution in [0.15, 0.2) is 12.7 Å². The molecule has 0 aromatic heterocycles. The summed E-state index contributed by atoms with van der Waals surface area (Å²) in [6, 6.07) is -0.191. The molecule has 0 saturated carbocycles. The van der Waals surface area contributed by atoms with Crippen LogP contribution in [0.25, 0.3) is 0 Å². The maximum Gasteiger partial charge on any atom is 0.308 e. The van der Waals surface area contributed by atoms with Crippen molar-refractivity contribution in [3.05, 3.63) is 12.7 Å². The lowest BCUT2D eigenvalue weighted by atomic mass is 9.90. The Hall–Kier alpha value is -1.32. The van der Waals surface area contributed by atoms with Gasteiger partial charge in [0.1, 0.15) is 0 Å². The van der Waals surface area contributed by atoms with Gasteiger partial charge in [-0.05, 0) is 26.2 Å². The molecule has 4 nitrogen and oxygen atoms in total. The SMILES string of the molecule is C=CCCC(=O)N1CCC[C@@H](C(=O)O)[C@H]1C. The molecule has 1 heterocycles. The second-order valence-electron chi connectivity index (χ2n) is 4.24. The number of carboxylic acids is 1. The molecule has 4 heteroatoms. The van der Waals surface area contributed by atoms with E-state index in [2.05, 4.69) is 6.58 Å². The van der Waals surface area contributed by atoms with E-state index >= 15 is 0 Å². The van der Waals surface area contributed by atoms with Crippen LogP contribution in [0, 0.1) is 5.92 Å². The first-order valence-electron chi connectivity index (χ1n) is 5.71. The number of carbonyl (C=O) groups excluding carboxylic acids is 1. The molecule has 1 fully saturated rings. The van der Waals surface area contributed by atoms with Crippen LogP contribution in [0.1, 0.15) is 32.6 Å². The van der Waals surface area contributed by atoms with Crippen molar-refractivity contribution in [3.63, 3.8) is 0 Å². The smallest absolute Gasteiger partial charge is 0.308 e. The van der Waals surface area contributed by atoms with E-state index in [1.807, 2.05) is 6.92 Å². The highest BCUT2D eigenvalue weighted by Crippen LogP contribution is 2.24. The number of carbonyl (C=O) groups is 2. The van der Waals surface area contributed by atoms with Crippen molar-refractivity contribution in [2.24, 2.45) is 5.92 Å². The van der Waals surface area contributed by atoms with Crippen molar-refractivity contribution in [1.29, 1.82) is 0 Å². The van der Waals surface area contributed by atoms with Gasteiger partial charge in [0.25, 0.3) is 0 Å². The van der Waals surface area contributed by atoms with Crippen LogP contribution in [-0.4, -0.2) is 34.5 Å². The Bertz CT molecular complexity index is 288. The molecule has 0 radical (unpaired) electrons. The highest BCUT2D eigenvalue weighted by molar-refractivity contribution is 5.78. The zero-order valence-corrected chi connectivity index (χ0v) is 9.69. The number of piperidine rings is 1. The van der Waals surface area contributed by atoms with Crippen LogP contribution in [0.3, 0.4) is 0 Å². The molecule has 2 atom stereocenters. The fourth-order valence-electron chi connectivity index (χ4n) is 2.19. The molecule has 0 unspecified atom stereocenters. The molecular formula is C12H19NO3. The third kappa shape index (κ3) is 2.84. The van der Waals surface area contributed by atoms with Gasteiger partial charge < -0.3 is 10.0 Å². The Labute approximate surface area is 95.9 Å². The van der Waals surface area contributed by atoms with Crippen LogP contribution in [0.4, 0.5) is 0 Å². The first kappa shape index (κ1) is 12.7. The maximum absolute atomic E-state index is 11.8. The highest BCUT2D eigenvalue weighted by Gasteiger charge is 2.34. The van der Waals surface area contributed by atoms with Crippen molar-refractivity contribution in [2.45, 2.75) is 38.6 Å². The lowest BCUT2D eigenvalue weighted by Crippen LogP contribution is -2.49. The second-order valence-corrected chi connectivity index (χ2v) is 4.24. The van der Waals surface area contributed by atoms with Gasteiger partial charge in [0.15, 0.2) is 0 Å². The molecule has 0 aliphatic carbocycles. The average Bonchev–Trinajstić information content (AvgIpc) is 2.25. The van der Waals surface area contributed by atoms with Gasteiger partial charge in [-0.25, -0.2) is 0 Å². The monoisotopic (exact) mass is 225 g/mol. The highest BCUT2D eigenvalue weighted by atomic mass is 16.4. The van der Waals surface area contributed by atoms with Gasteiger partial charge in [-0.1, -0.05) is 6.08 Å². The molecule has 1 N–H and O–H groups in total. The maximum atomic E-state index is 11.8. The molecule has 90 valence electrons. The Kier molecular flexibility index (Phi) is 4.52. The normalized spacial score (nSPS) is 25.2. The Morgan fingerprint density at radius 2 is 2.25 bits per heavy atom. The number of carboxylic acid groups (broad SMARTS) is 1. The molecule has 0 bridgehead atoms. The van der Waals surface area contributed by atoms with Crippen LogP contribution >= 0.6 is 0 Å². The van der Waals surface area contributed by atoms with Gasteiger partial charge in [0.05, 0.1) is 5.92 Å². The number of rotatable bonds is 4. The summed E-state index contributed by atoms with van der Waals surface area (Å²) in [4.78, 5) is 24.5. The first-order chi connectivity index (χ1) is 7.57. The van der Waals surface area contributed by atoms with E-state index in [0.29, 0.717) is 25.8 Å². The second kappa shape index (κ2) is 5.68. The van der Waals surface area contributed by atoms with Gasteiger partial charge in [0.2, 0.25) is 5.91 Å². The molecule has 1 aliphatic heterocycles. The van der Waals surface area contributed by atoms with Crippen molar-refractivity contribution < 1.29 is 14.7 Å². The summed E-state index contributed by atoms with van der Waals surface area (Å²) in [6.07, 6.45) is 4.24. The Morgan fingerprint density at radius 3 is 2.81 bits per heavy atom. The molecule has 1 rings (SSSR count). The summed E-state index contributed by atoms with van der Waals surface area (Å²) in [5.74, 6) is -1.17. The van der Waals surface area contributed by atoms with Crippen molar-refractivity contribution in [3.8, 4) is 0 Å². The van der Waals surface area contributed by atoms with Gasteiger partial charge in [0, 0.05) is 19.0 Å². The van der Waals surface area contributed by atoms with E-state index in [0.717, 1.165) is 6.42 Å². The van der Waals surface area contributed by atoms with Crippen LogP contribution in [0.2, 0.25) is 0 Å². The van der Waals surface area contributed by atoms with Crippen molar-refractivity contribution >= 4 is 11.9 Å². The van der Waals surface area contributed by atoms with E-state index in [4.69, 9.17) is 5.11 Å². The molecule has 1 saturated heterocycles. The summed E-state index contributed by atoms with van der Waals surface area (Å²) in [7, 11) is 0. The third-order valence-corrected chi connectivity index (χ3v) is 3.19. The Balaban J connectivity index is 2.62. The number of allylic oxidation sites excluding steroid dienone is 1. The van der Waals surface area contributed by atoms with Gasteiger partial charge in [-0.15, -0.1) is 6.58 Å². The zero-order chi connectivity index (χ0) is 12.1. The molecule has 0 aromatic carbocycles. The number of nitrogens with zero attached hydrogens (tertiary/aromatic N) is 1. The topological polar surface area (TPSA) is 57.6 Å².